The maximum atomic E-state index is 5.34. The number of nitrogens with two attached hydrogens (primary N) is 2. The van der Waals surface area contributed by atoms with E-state index in [1.807, 2.05) is 0 Å². The Hall–Kier alpha value is 0.114. The molecule has 0 saturated carbocycles. The summed E-state index contributed by atoms with van der Waals surface area (Å²) < 4.78 is 29.5. The highest BCUT2D eigenvalue weighted by molar-refractivity contribution is 6.60. The van der Waals surface area contributed by atoms with E-state index in [4.69, 9.17) is 38.0 Å². The first-order chi connectivity index (χ1) is 10.0. The Labute approximate surface area is 132 Å². The van der Waals surface area contributed by atoms with Crippen LogP contribution in [0.15, 0.2) is 0 Å². The highest BCUT2D eigenvalue weighted by Crippen LogP contribution is 2.10. The molecule has 4 N–H and O–H groups in total. The Morgan fingerprint density at radius 3 is 1.14 bits per heavy atom. The SMILES string of the molecule is CCCN.CO[SiH](OC)OC.CO[Si](CCN)(OC)OC. The molecule has 0 atom stereocenters. The van der Waals surface area contributed by atoms with Gasteiger partial charge in [-0.1, -0.05) is 6.92 Å². The molecule has 0 aromatic carbocycles. The summed E-state index contributed by atoms with van der Waals surface area (Å²) in [7, 11) is 5.44. The molecule has 0 amide bonds. The molecule has 0 spiro atoms. The van der Waals surface area contributed by atoms with Crippen LogP contribution in [0.2, 0.25) is 6.04 Å². The average molecular weight is 347 g/mol. The molecule has 0 unspecified atom stereocenters. The summed E-state index contributed by atoms with van der Waals surface area (Å²) in [4.78, 5) is 0. The normalized spacial score (nSPS) is 10.6. The quantitative estimate of drug-likeness (QED) is 0.554. The van der Waals surface area contributed by atoms with E-state index in [2.05, 4.69) is 6.92 Å². The Bertz CT molecular complexity index is 170. The highest BCUT2D eigenvalue weighted by Gasteiger charge is 2.36. The molecular weight excluding hydrogens is 312 g/mol. The summed E-state index contributed by atoms with van der Waals surface area (Å²) in [5, 5.41) is 0. The van der Waals surface area contributed by atoms with E-state index < -0.39 is 18.3 Å². The summed E-state index contributed by atoms with van der Waals surface area (Å²) >= 11 is 0. The molecule has 0 aromatic rings. The minimum absolute atomic E-state index is 0.530. The predicted molar refractivity (Wildman–Crippen MR) is 88.2 cm³/mol. The van der Waals surface area contributed by atoms with E-state index >= 15 is 0 Å². The second-order valence-electron chi connectivity index (χ2n) is 3.62. The maximum absolute atomic E-state index is 5.34. The Morgan fingerprint density at radius 1 is 0.762 bits per heavy atom. The first-order valence-corrected chi connectivity index (χ1v) is 9.99. The van der Waals surface area contributed by atoms with Gasteiger partial charge >= 0.3 is 18.3 Å². The lowest BCUT2D eigenvalue weighted by Crippen LogP contribution is -2.44. The van der Waals surface area contributed by atoms with Crippen LogP contribution in [0.25, 0.3) is 0 Å². The molecule has 8 nitrogen and oxygen atoms in total. The molecule has 0 aliphatic rings. The minimum Gasteiger partial charge on any atom is -0.379 e. The fourth-order valence-corrected chi connectivity index (χ4v) is 3.06. The van der Waals surface area contributed by atoms with Gasteiger partial charge in [-0.05, 0) is 19.5 Å². The summed E-state index contributed by atoms with van der Waals surface area (Å²) in [6.45, 7) is 3.40. The van der Waals surface area contributed by atoms with Gasteiger partial charge in [0.25, 0.3) is 0 Å². The molecule has 0 aliphatic carbocycles. The van der Waals surface area contributed by atoms with Gasteiger partial charge in [0, 0.05) is 48.7 Å². The molecule has 0 heterocycles. The van der Waals surface area contributed by atoms with Crippen molar-refractivity contribution >= 4 is 18.3 Å². The lowest BCUT2D eigenvalue weighted by atomic mass is 10.5. The van der Waals surface area contributed by atoms with E-state index in [-0.39, 0.29) is 0 Å². The van der Waals surface area contributed by atoms with Crippen LogP contribution in [-0.2, 0) is 26.6 Å². The van der Waals surface area contributed by atoms with Gasteiger partial charge in [-0.3, -0.25) is 0 Å². The largest absolute Gasteiger partial charge is 0.501 e. The third kappa shape index (κ3) is 16.3. The lowest BCUT2D eigenvalue weighted by molar-refractivity contribution is 0.124. The Kier molecular flexibility index (Phi) is 24.9. The first kappa shape index (κ1) is 26.0. The van der Waals surface area contributed by atoms with Crippen LogP contribution in [0, 0.1) is 0 Å². The Morgan fingerprint density at radius 2 is 1.10 bits per heavy atom. The van der Waals surface area contributed by atoms with Gasteiger partial charge in [0.1, 0.15) is 0 Å². The van der Waals surface area contributed by atoms with Crippen LogP contribution >= 0.6 is 0 Å². The van der Waals surface area contributed by atoms with E-state index in [1.165, 1.54) is 0 Å². The van der Waals surface area contributed by atoms with Gasteiger partial charge in [-0.2, -0.15) is 0 Å². The predicted octanol–water partition coefficient (Wildman–Crippen LogP) is -0.179. The molecule has 0 aliphatic heterocycles. The van der Waals surface area contributed by atoms with E-state index in [1.54, 1.807) is 42.7 Å². The van der Waals surface area contributed by atoms with Crippen molar-refractivity contribution in [2.45, 2.75) is 19.4 Å². The first-order valence-electron chi connectivity index (χ1n) is 6.65. The zero-order valence-corrected chi connectivity index (χ0v) is 16.7. The van der Waals surface area contributed by atoms with Gasteiger partial charge in [0.15, 0.2) is 0 Å². The van der Waals surface area contributed by atoms with Crippen molar-refractivity contribution in [3.63, 3.8) is 0 Å². The molecule has 0 bridgehead atoms. The van der Waals surface area contributed by atoms with E-state index in [9.17, 15) is 0 Å². The van der Waals surface area contributed by atoms with Gasteiger partial charge in [-0.25, -0.2) is 0 Å². The summed E-state index contributed by atoms with van der Waals surface area (Å²) in [6.07, 6.45) is 1.10. The molecule has 132 valence electrons. The average Bonchev–Trinajstić information content (AvgIpc) is 2.55. The van der Waals surface area contributed by atoms with Crippen molar-refractivity contribution in [1.29, 1.82) is 0 Å². The number of hydrogen-bond acceptors (Lipinski definition) is 8. The lowest BCUT2D eigenvalue weighted by Gasteiger charge is -2.23. The highest BCUT2D eigenvalue weighted by atomic mass is 28.4. The molecule has 21 heavy (non-hydrogen) atoms. The van der Waals surface area contributed by atoms with Crippen molar-refractivity contribution < 1.29 is 26.6 Å². The van der Waals surface area contributed by atoms with Crippen LogP contribution < -0.4 is 11.5 Å². The summed E-state index contributed by atoms with van der Waals surface area (Å²) in [5.41, 5.74) is 10.4. The van der Waals surface area contributed by atoms with Gasteiger partial charge < -0.3 is 38.0 Å². The third-order valence-corrected chi connectivity index (χ3v) is 6.17. The van der Waals surface area contributed by atoms with Crippen LogP contribution in [0.3, 0.4) is 0 Å². The monoisotopic (exact) mass is 346 g/mol. The topological polar surface area (TPSA) is 107 Å². The minimum atomic E-state index is -2.34. The fraction of sp³-hybridized carbons (Fsp3) is 1.00. The van der Waals surface area contributed by atoms with Crippen molar-refractivity contribution in [3.05, 3.63) is 0 Å². The van der Waals surface area contributed by atoms with Crippen LogP contribution in [0.1, 0.15) is 13.3 Å². The van der Waals surface area contributed by atoms with Gasteiger partial charge in [0.05, 0.1) is 0 Å². The maximum Gasteiger partial charge on any atom is 0.501 e. The summed E-state index contributed by atoms with van der Waals surface area (Å²) in [6, 6.07) is 0.663. The zero-order valence-electron chi connectivity index (χ0n) is 14.5. The molecule has 0 fully saturated rings. The van der Waals surface area contributed by atoms with E-state index in [0.717, 1.165) is 13.0 Å². The van der Waals surface area contributed by atoms with E-state index in [0.29, 0.717) is 12.6 Å². The van der Waals surface area contributed by atoms with Crippen molar-refractivity contribution in [2.75, 3.05) is 55.7 Å². The molecule has 0 rings (SSSR count). The zero-order chi connectivity index (χ0) is 17.1. The second kappa shape index (κ2) is 20.1. The number of hydrogen-bond donors (Lipinski definition) is 2. The number of rotatable bonds is 9. The van der Waals surface area contributed by atoms with Crippen molar-refractivity contribution in [2.24, 2.45) is 11.5 Å². The summed E-state index contributed by atoms with van der Waals surface area (Å²) in [5.74, 6) is 0. The second-order valence-corrected chi connectivity index (χ2v) is 8.70. The smallest absolute Gasteiger partial charge is 0.379 e. The van der Waals surface area contributed by atoms with Crippen molar-refractivity contribution in [3.8, 4) is 0 Å². The standard InChI is InChI=1S/C5H15NO3Si.C3H9N.C3H10O3Si/c1-7-10(8-2,9-3)5-4-6;1-2-3-4;1-4-7(5-2)6-3/h4-6H2,1-3H3;2-4H2,1H3;7H,1-3H3. The molecule has 0 radical (unpaired) electrons. The third-order valence-electron chi connectivity index (χ3n) is 2.25. The fourth-order valence-electron chi connectivity index (χ4n) is 1.02. The molecule has 10 heteroatoms. The van der Waals surface area contributed by atoms with Gasteiger partial charge in [0.2, 0.25) is 0 Å². The molecule has 0 aromatic heterocycles. The van der Waals surface area contributed by atoms with Gasteiger partial charge in [-0.15, -0.1) is 0 Å². The Balaban J connectivity index is -0.000000256. The van der Waals surface area contributed by atoms with Crippen LogP contribution in [0.4, 0.5) is 0 Å². The van der Waals surface area contributed by atoms with Crippen LogP contribution in [0.5, 0.6) is 0 Å². The van der Waals surface area contributed by atoms with Crippen LogP contribution in [-0.4, -0.2) is 74.1 Å². The molecular formula is C11H34N2O6Si2. The van der Waals surface area contributed by atoms with Crippen molar-refractivity contribution in [1.82, 2.24) is 0 Å². The molecule has 0 saturated heterocycles.